The van der Waals surface area contributed by atoms with Crippen LogP contribution in [-0.2, 0) is 20.0 Å². The molecule has 10 nitrogen and oxygen atoms in total. The molecular formula is C46H44N6O4S2. The summed E-state index contributed by atoms with van der Waals surface area (Å²) in [6.45, 7) is 9.89. The van der Waals surface area contributed by atoms with E-state index in [-0.39, 0.29) is 0 Å². The van der Waals surface area contributed by atoms with Crippen molar-refractivity contribution in [3.05, 3.63) is 147 Å². The summed E-state index contributed by atoms with van der Waals surface area (Å²) in [5.74, 6) is 0. The first-order valence-electron chi connectivity index (χ1n) is 18.6. The molecule has 3 aromatic carbocycles. The van der Waals surface area contributed by atoms with Crippen molar-refractivity contribution in [1.82, 2.24) is 19.9 Å². The van der Waals surface area contributed by atoms with Gasteiger partial charge in [-0.15, -0.1) is 0 Å². The van der Waals surface area contributed by atoms with E-state index < -0.39 is 29.5 Å². The molecule has 2 N–H and O–H groups in total. The van der Waals surface area contributed by atoms with Gasteiger partial charge in [-0.3, -0.25) is 29.4 Å². The molecule has 294 valence electrons. The van der Waals surface area contributed by atoms with Crippen LogP contribution in [0.4, 0.5) is 11.4 Å². The summed E-state index contributed by atoms with van der Waals surface area (Å²) in [7, 11) is -7.35. The van der Waals surface area contributed by atoms with Crippen LogP contribution in [-0.4, -0.2) is 46.3 Å². The third-order valence-corrected chi connectivity index (χ3v) is 13.9. The average Bonchev–Trinajstić information content (AvgIpc) is 3.20. The molecule has 4 aromatic heterocycles. The van der Waals surface area contributed by atoms with Crippen LogP contribution >= 0.6 is 0 Å². The molecule has 0 amide bonds. The third-order valence-electron chi connectivity index (χ3n) is 9.64. The second-order valence-electron chi connectivity index (χ2n) is 16.0. The molecule has 0 atom stereocenters. The molecule has 0 saturated carbocycles. The van der Waals surface area contributed by atoms with E-state index >= 15 is 0 Å². The first-order chi connectivity index (χ1) is 27.5. The van der Waals surface area contributed by atoms with Crippen molar-refractivity contribution >= 4 is 31.4 Å². The average molecular weight is 809 g/mol. The van der Waals surface area contributed by atoms with Gasteiger partial charge in [0.25, 0.3) is 0 Å². The standard InChI is InChI=1S/C46H44N6O4S2/c1-45(2,3)57(53,54)51-43-23-41(27-49-29-43)39-19-35(17-37(21-39)33-12-8-14-47-25-33)31-10-7-11-32(16-31)36-18-38(34-13-9-15-48-26-34)22-40(20-36)42-24-44(30-50-28-42)52-58(55,56)46(4,5)6/h7-30,51-52H,1-6H3. The summed E-state index contributed by atoms with van der Waals surface area (Å²) < 4.78 is 55.5. The Kier molecular flexibility index (Phi) is 10.8. The molecule has 4 heterocycles. The normalized spacial score (nSPS) is 12.2. The lowest BCUT2D eigenvalue weighted by Crippen LogP contribution is -2.33. The van der Waals surface area contributed by atoms with Crippen LogP contribution < -0.4 is 9.44 Å². The zero-order valence-corrected chi connectivity index (χ0v) is 34.7. The van der Waals surface area contributed by atoms with Gasteiger partial charge in [0.1, 0.15) is 0 Å². The Bertz CT molecular complexity index is 2650. The van der Waals surface area contributed by atoms with Gasteiger partial charge < -0.3 is 0 Å². The van der Waals surface area contributed by atoms with Gasteiger partial charge >= 0.3 is 0 Å². The zero-order valence-electron chi connectivity index (χ0n) is 33.1. The molecule has 58 heavy (non-hydrogen) atoms. The number of nitrogens with zero attached hydrogens (tertiary/aromatic N) is 4. The highest BCUT2D eigenvalue weighted by atomic mass is 32.2. The molecule has 0 saturated heterocycles. The van der Waals surface area contributed by atoms with Crippen molar-refractivity contribution in [2.45, 2.75) is 51.0 Å². The fourth-order valence-electron chi connectivity index (χ4n) is 6.12. The maximum absolute atomic E-state index is 13.0. The molecule has 7 rings (SSSR count). The molecule has 0 spiro atoms. The van der Waals surface area contributed by atoms with Gasteiger partial charge in [0.2, 0.25) is 20.0 Å². The number of nitrogens with one attached hydrogen (secondary N) is 2. The van der Waals surface area contributed by atoms with E-state index in [0.717, 1.165) is 66.8 Å². The Morgan fingerprint density at radius 2 is 0.672 bits per heavy atom. The minimum Gasteiger partial charge on any atom is -0.282 e. The van der Waals surface area contributed by atoms with Gasteiger partial charge in [0.05, 0.1) is 33.3 Å². The Labute approximate surface area is 340 Å². The van der Waals surface area contributed by atoms with Crippen LogP contribution in [0, 0.1) is 0 Å². The molecular weight excluding hydrogens is 765 g/mol. The highest BCUT2D eigenvalue weighted by molar-refractivity contribution is 7.94. The van der Waals surface area contributed by atoms with Crippen molar-refractivity contribution < 1.29 is 16.8 Å². The Balaban J connectivity index is 1.33. The maximum Gasteiger partial charge on any atom is 0.237 e. The summed E-state index contributed by atoms with van der Waals surface area (Å²) in [4.78, 5) is 17.5. The summed E-state index contributed by atoms with van der Waals surface area (Å²) in [6.07, 6.45) is 13.6. The number of rotatable bonds is 10. The van der Waals surface area contributed by atoms with E-state index in [1.54, 1.807) is 78.5 Å². The van der Waals surface area contributed by atoms with Gasteiger partial charge in [0.15, 0.2) is 0 Å². The van der Waals surface area contributed by atoms with Gasteiger partial charge in [-0.2, -0.15) is 0 Å². The maximum atomic E-state index is 13.0. The van der Waals surface area contributed by atoms with Crippen LogP contribution in [0.2, 0.25) is 0 Å². The molecule has 0 radical (unpaired) electrons. The predicted octanol–water partition coefficient (Wildman–Crippen LogP) is 10.3. The molecule has 12 heteroatoms. The smallest absolute Gasteiger partial charge is 0.237 e. The minimum absolute atomic E-state index is 0.374. The van der Waals surface area contributed by atoms with Gasteiger partial charge in [-0.05, 0) is 153 Å². The molecule has 0 unspecified atom stereocenters. The highest BCUT2D eigenvalue weighted by Crippen LogP contribution is 2.38. The van der Waals surface area contributed by atoms with Gasteiger partial charge in [-0.1, -0.05) is 30.3 Å². The molecule has 0 aliphatic carbocycles. The van der Waals surface area contributed by atoms with Crippen LogP contribution in [0.1, 0.15) is 41.5 Å². The molecule has 7 aromatic rings. The third kappa shape index (κ3) is 8.83. The van der Waals surface area contributed by atoms with Crippen LogP contribution in [0.15, 0.2) is 147 Å². The highest BCUT2D eigenvalue weighted by Gasteiger charge is 2.30. The number of anilines is 2. The largest absolute Gasteiger partial charge is 0.282 e. The number of benzene rings is 3. The second kappa shape index (κ2) is 15.6. The minimum atomic E-state index is -3.67. The number of pyridine rings is 4. The van der Waals surface area contributed by atoms with Crippen molar-refractivity contribution in [2.24, 2.45) is 0 Å². The lowest BCUT2D eigenvalue weighted by atomic mass is 9.91. The predicted molar refractivity (Wildman–Crippen MR) is 235 cm³/mol. The Morgan fingerprint density at radius 1 is 0.362 bits per heavy atom. The van der Waals surface area contributed by atoms with E-state index in [2.05, 4.69) is 84.0 Å². The van der Waals surface area contributed by atoms with E-state index in [1.807, 2.05) is 42.7 Å². The molecule has 0 aliphatic heterocycles. The van der Waals surface area contributed by atoms with Crippen molar-refractivity contribution in [1.29, 1.82) is 0 Å². The molecule has 0 aliphatic rings. The first-order valence-corrected chi connectivity index (χ1v) is 21.6. The lowest BCUT2D eigenvalue weighted by molar-refractivity contribution is 0.565. The van der Waals surface area contributed by atoms with Crippen LogP contribution in [0.5, 0.6) is 0 Å². The summed E-state index contributed by atoms with van der Waals surface area (Å²) in [5, 5.41) is 0. The molecule has 0 fully saturated rings. The summed E-state index contributed by atoms with van der Waals surface area (Å²) in [6, 6.07) is 32.1. The van der Waals surface area contributed by atoms with E-state index in [0.29, 0.717) is 11.4 Å². The Morgan fingerprint density at radius 3 is 1.02 bits per heavy atom. The fourth-order valence-corrected chi connectivity index (χ4v) is 7.58. The quantitative estimate of drug-likeness (QED) is 0.139. The topological polar surface area (TPSA) is 144 Å². The van der Waals surface area contributed by atoms with Crippen LogP contribution in [0.25, 0.3) is 66.8 Å². The second-order valence-corrected chi connectivity index (χ2v) is 20.9. The van der Waals surface area contributed by atoms with Crippen LogP contribution in [0.3, 0.4) is 0 Å². The fraction of sp³-hybridized carbons (Fsp3) is 0.174. The van der Waals surface area contributed by atoms with E-state index in [4.69, 9.17) is 0 Å². The van der Waals surface area contributed by atoms with Gasteiger partial charge in [-0.25, -0.2) is 16.8 Å². The van der Waals surface area contributed by atoms with Crippen molar-refractivity contribution in [3.63, 3.8) is 0 Å². The Hall–Kier alpha value is -6.24. The summed E-state index contributed by atoms with van der Waals surface area (Å²) >= 11 is 0. The van der Waals surface area contributed by atoms with Crippen molar-refractivity contribution in [3.8, 4) is 66.8 Å². The zero-order chi connectivity index (χ0) is 41.3. The first kappa shape index (κ1) is 40.0. The number of hydrogen-bond donors (Lipinski definition) is 2. The van der Waals surface area contributed by atoms with Crippen molar-refractivity contribution in [2.75, 3.05) is 9.44 Å². The summed E-state index contributed by atoms with van der Waals surface area (Å²) in [5.41, 5.74) is 11.4. The van der Waals surface area contributed by atoms with E-state index in [9.17, 15) is 16.8 Å². The van der Waals surface area contributed by atoms with Gasteiger partial charge in [0, 0.05) is 59.4 Å². The lowest BCUT2D eigenvalue weighted by Gasteiger charge is -2.20. The SMILES string of the molecule is CC(C)(C)S(=O)(=O)Nc1cncc(-c2cc(-c3cccnc3)cc(-c3cccc(-c4cc(-c5cccnc5)cc(-c5cncc(NS(=O)(=O)C(C)(C)C)c5)c4)c3)c2)c1. The number of sulfonamides is 2. The van der Waals surface area contributed by atoms with E-state index in [1.165, 1.54) is 12.4 Å². The monoisotopic (exact) mass is 808 g/mol. The number of aromatic nitrogens is 4. The number of hydrogen-bond acceptors (Lipinski definition) is 8. The molecule has 0 bridgehead atoms.